The highest BCUT2D eigenvalue weighted by Crippen LogP contribution is 2.27. The van der Waals surface area contributed by atoms with Crippen molar-refractivity contribution in [2.24, 2.45) is 11.7 Å². The van der Waals surface area contributed by atoms with Crippen molar-refractivity contribution >= 4 is 0 Å². The van der Waals surface area contributed by atoms with E-state index in [4.69, 9.17) is 5.73 Å². The first kappa shape index (κ1) is 8.69. The van der Waals surface area contributed by atoms with E-state index in [0.717, 1.165) is 19.4 Å². The molecular weight excluding hydrogens is 169 g/mol. The Bertz CT molecular complexity index is 278. The van der Waals surface area contributed by atoms with Crippen LogP contribution in [0.1, 0.15) is 18.5 Å². The number of rotatable bonds is 3. The molecule has 0 radical (unpaired) electrons. The highest BCUT2D eigenvalue weighted by molar-refractivity contribution is 4.99. The topological polar surface area (TPSA) is 43.8 Å². The van der Waals surface area contributed by atoms with E-state index in [1.54, 1.807) is 16.9 Å². The van der Waals surface area contributed by atoms with Crippen LogP contribution in [-0.4, -0.2) is 15.8 Å². The average Bonchev–Trinajstić information content (AvgIpc) is 2.49. The zero-order valence-electron chi connectivity index (χ0n) is 7.49. The second-order valence-electron chi connectivity index (χ2n) is 3.74. The number of nitrogens with zero attached hydrogens (tertiary/aromatic N) is 2. The van der Waals surface area contributed by atoms with E-state index < -0.39 is 6.67 Å². The number of halogens is 1. The van der Waals surface area contributed by atoms with E-state index in [9.17, 15) is 4.39 Å². The van der Waals surface area contributed by atoms with Crippen LogP contribution in [0.2, 0.25) is 0 Å². The molecule has 1 aliphatic rings. The van der Waals surface area contributed by atoms with Crippen molar-refractivity contribution in [3.63, 3.8) is 0 Å². The molecule has 0 aliphatic heterocycles. The Morgan fingerprint density at radius 2 is 2.38 bits per heavy atom. The van der Waals surface area contributed by atoms with Crippen LogP contribution < -0.4 is 5.73 Å². The number of hydrogen-bond acceptors (Lipinski definition) is 2. The molecule has 0 spiro atoms. The SMILES string of the molecule is NC1CC(Cn2nccc2CF)C1. The summed E-state index contributed by atoms with van der Waals surface area (Å²) in [6.07, 6.45) is 3.74. The molecule has 0 saturated heterocycles. The molecule has 0 unspecified atom stereocenters. The summed E-state index contributed by atoms with van der Waals surface area (Å²) >= 11 is 0. The van der Waals surface area contributed by atoms with Crippen molar-refractivity contribution in [2.45, 2.75) is 32.1 Å². The van der Waals surface area contributed by atoms with Gasteiger partial charge in [-0.1, -0.05) is 0 Å². The van der Waals surface area contributed by atoms with Crippen LogP contribution in [0.15, 0.2) is 12.3 Å². The van der Waals surface area contributed by atoms with Crippen LogP contribution in [0, 0.1) is 5.92 Å². The van der Waals surface area contributed by atoms with Crippen LogP contribution in [-0.2, 0) is 13.2 Å². The molecule has 1 aromatic rings. The minimum absolute atomic E-state index is 0.356. The number of hydrogen-bond donors (Lipinski definition) is 1. The molecule has 1 fully saturated rings. The molecule has 13 heavy (non-hydrogen) atoms. The minimum Gasteiger partial charge on any atom is -0.328 e. The molecule has 2 rings (SSSR count). The molecule has 1 saturated carbocycles. The molecule has 0 atom stereocenters. The summed E-state index contributed by atoms with van der Waals surface area (Å²) in [4.78, 5) is 0. The van der Waals surface area contributed by atoms with E-state index >= 15 is 0 Å². The lowest BCUT2D eigenvalue weighted by Crippen LogP contribution is -2.38. The molecule has 0 amide bonds. The first-order valence-electron chi connectivity index (χ1n) is 4.62. The Hall–Kier alpha value is -0.900. The maximum absolute atomic E-state index is 12.4. The van der Waals surface area contributed by atoms with Gasteiger partial charge in [0.25, 0.3) is 0 Å². The Morgan fingerprint density at radius 1 is 1.62 bits per heavy atom. The van der Waals surface area contributed by atoms with Crippen molar-refractivity contribution in [3.05, 3.63) is 18.0 Å². The summed E-state index contributed by atoms with van der Waals surface area (Å²) in [7, 11) is 0. The molecule has 4 heteroatoms. The van der Waals surface area contributed by atoms with Crippen molar-refractivity contribution in [2.75, 3.05) is 0 Å². The van der Waals surface area contributed by atoms with Crippen LogP contribution in [0.5, 0.6) is 0 Å². The number of alkyl halides is 1. The molecule has 2 N–H and O–H groups in total. The first-order chi connectivity index (χ1) is 6.29. The average molecular weight is 183 g/mol. The quantitative estimate of drug-likeness (QED) is 0.762. The normalized spacial score (nSPS) is 27.2. The van der Waals surface area contributed by atoms with Crippen LogP contribution in [0.3, 0.4) is 0 Å². The van der Waals surface area contributed by atoms with E-state index in [0.29, 0.717) is 17.7 Å². The highest BCUT2D eigenvalue weighted by Gasteiger charge is 2.26. The van der Waals surface area contributed by atoms with Crippen LogP contribution >= 0.6 is 0 Å². The Kier molecular flexibility index (Phi) is 2.31. The van der Waals surface area contributed by atoms with E-state index in [1.807, 2.05) is 0 Å². The number of aromatic nitrogens is 2. The molecule has 0 bridgehead atoms. The lowest BCUT2D eigenvalue weighted by atomic mass is 9.81. The Morgan fingerprint density at radius 3 is 3.00 bits per heavy atom. The van der Waals surface area contributed by atoms with Gasteiger partial charge in [-0.15, -0.1) is 0 Å². The fourth-order valence-electron chi connectivity index (χ4n) is 1.82. The smallest absolute Gasteiger partial charge is 0.131 e. The largest absolute Gasteiger partial charge is 0.328 e. The van der Waals surface area contributed by atoms with Crippen LogP contribution in [0.4, 0.5) is 4.39 Å². The van der Waals surface area contributed by atoms with Gasteiger partial charge in [0.15, 0.2) is 0 Å². The fourth-order valence-corrected chi connectivity index (χ4v) is 1.82. The lowest BCUT2D eigenvalue weighted by molar-refractivity contribution is 0.222. The summed E-state index contributed by atoms with van der Waals surface area (Å²) in [5.41, 5.74) is 6.33. The summed E-state index contributed by atoms with van der Waals surface area (Å²) < 4.78 is 14.1. The summed E-state index contributed by atoms with van der Waals surface area (Å²) in [5, 5.41) is 4.07. The standard InChI is InChI=1S/C9H14FN3/c10-5-9-1-2-12-13(9)6-7-3-8(11)4-7/h1-2,7-8H,3-6,11H2. The zero-order valence-corrected chi connectivity index (χ0v) is 7.49. The first-order valence-corrected chi connectivity index (χ1v) is 4.62. The second kappa shape index (κ2) is 3.46. The van der Waals surface area contributed by atoms with Gasteiger partial charge < -0.3 is 5.73 Å². The van der Waals surface area contributed by atoms with Crippen molar-refractivity contribution in [1.29, 1.82) is 0 Å². The molecule has 3 nitrogen and oxygen atoms in total. The summed E-state index contributed by atoms with van der Waals surface area (Å²) in [5.74, 6) is 0.597. The maximum Gasteiger partial charge on any atom is 0.131 e. The van der Waals surface area contributed by atoms with Gasteiger partial charge in [-0.25, -0.2) is 4.39 Å². The van der Waals surface area contributed by atoms with Gasteiger partial charge in [-0.05, 0) is 24.8 Å². The molecule has 72 valence electrons. The van der Waals surface area contributed by atoms with Gasteiger partial charge in [0.05, 0.1) is 5.69 Å². The van der Waals surface area contributed by atoms with Crippen molar-refractivity contribution in [3.8, 4) is 0 Å². The minimum atomic E-state index is -0.432. The fraction of sp³-hybridized carbons (Fsp3) is 0.667. The summed E-state index contributed by atoms with van der Waals surface area (Å²) in [6, 6.07) is 2.08. The molecule has 1 aliphatic carbocycles. The second-order valence-corrected chi connectivity index (χ2v) is 3.74. The van der Waals surface area contributed by atoms with E-state index in [1.165, 1.54) is 0 Å². The Balaban J connectivity index is 1.94. The van der Waals surface area contributed by atoms with E-state index in [2.05, 4.69) is 5.10 Å². The van der Waals surface area contributed by atoms with Crippen molar-refractivity contribution in [1.82, 2.24) is 9.78 Å². The summed E-state index contributed by atoms with van der Waals surface area (Å²) in [6.45, 7) is 0.388. The predicted molar refractivity (Wildman–Crippen MR) is 47.7 cm³/mol. The van der Waals surface area contributed by atoms with Gasteiger partial charge in [0, 0.05) is 18.8 Å². The predicted octanol–water partition coefficient (Wildman–Crippen LogP) is 1.09. The third-order valence-electron chi connectivity index (χ3n) is 2.64. The van der Waals surface area contributed by atoms with Crippen molar-refractivity contribution < 1.29 is 4.39 Å². The lowest BCUT2D eigenvalue weighted by Gasteiger charge is -2.32. The third kappa shape index (κ3) is 1.72. The molecule has 0 aromatic carbocycles. The highest BCUT2D eigenvalue weighted by atomic mass is 19.1. The Labute approximate surface area is 76.7 Å². The monoisotopic (exact) mass is 183 g/mol. The van der Waals surface area contributed by atoms with Gasteiger partial charge in [0.1, 0.15) is 6.67 Å². The van der Waals surface area contributed by atoms with Gasteiger partial charge in [-0.2, -0.15) is 5.10 Å². The molecule has 1 aromatic heterocycles. The molecule has 1 heterocycles. The van der Waals surface area contributed by atoms with Gasteiger partial charge in [0.2, 0.25) is 0 Å². The number of nitrogens with two attached hydrogens (primary N) is 1. The zero-order chi connectivity index (χ0) is 9.26. The van der Waals surface area contributed by atoms with Gasteiger partial charge in [-0.3, -0.25) is 4.68 Å². The third-order valence-corrected chi connectivity index (χ3v) is 2.64. The van der Waals surface area contributed by atoms with Gasteiger partial charge >= 0.3 is 0 Å². The van der Waals surface area contributed by atoms with E-state index in [-0.39, 0.29) is 0 Å². The molecular formula is C9H14FN3. The maximum atomic E-state index is 12.4. The van der Waals surface area contributed by atoms with Crippen LogP contribution in [0.25, 0.3) is 0 Å².